The van der Waals surface area contributed by atoms with Crippen molar-refractivity contribution < 1.29 is 32.5 Å². The third-order valence-electron chi connectivity index (χ3n) is 8.07. The van der Waals surface area contributed by atoms with Gasteiger partial charge in [0.15, 0.2) is 0 Å². The molecule has 1 saturated heterocycles. The van der Waals surface area contributed by atoms with E-state index in [0.29, 0.717) is 30.1 Å². The van der Waals surface area contributed by atoms with E-state index >= 15 is 8.78 Å². The molecule has 0 aliphatic carbocycles. The number of imidazole rings is 1. The SMILES string of the molecule is CC1(C)COC[C@H]1n1c(Cc2cc(F)c(-c3cccc(OCc4ccc(C#N)cc4F)n3)cc2F)nc2c(Cl)cc(C(=O)O)cc21. The Morgan fingerprint density at radius 3 is 2.57 bits per heavy atom. The van der Waals surface area contributed by atoms with Crippen molar-refractivity contribution >= 4 is 28.6 Å². The fraction of sp³-hybridized carbons (Fsp3) is 0.235. The largest absolute Gasteiger partial charge is 0.478 e. The van der Waals surface area contributed by atoms with Gasteiger partial charge in [-0.25, -0.2) is 27.9 Å². The standard InChI is InChI=1S/C34H26ClF3N4O4/c1-34(2)17-45-16-29(34)42-28-11-21(33(43)44)9-23(35)32(28)41-30(42)12-20-10-26(38)22(13-25(20)37)27-4-3-5-31(40-27)46-15-19-7-6-18(14-39)8-24(19)36/h3-11,13,29H,12,15-17H2,1-2H3,(H,43,44)/t29-/m1/s1. The molecule has 1 N–H and O–H groups in total. The highest BCUT2D eigenvalue weighted by molar-refractivity contribution is 6.35. The number of carboxylic acids is 1. The second-order valence-corrected chi connectivity index (χ2v) is 12.1. The first-order chi connectivity index (χ1) is 21.9. The molecular formula is C34H26ClF3N4O4. The summed E-state index contributed by atoms with van der Waals surface area (Å²) in [4.78, 5) is 20.7. The van der Waals surface area contributed by atoms with Gasteiger partial charge in [0.25, 0.3) is 0 Å². The van der Waals surface area contributed by atoms with Gasteiger partial charge in [0.2, 0.25) is 5.88 Å². The molecule has 46 heavy (non-hydrogen) atoms. The van der Waals surface area contributed by atoms with Crippen molar-refractivity contribution in [2.24, 2.45) is 5.41 Å². The highest BCUT2D eigenvalue weighted by Crippen LogP contribution is 2.41. The van der Waals surface area contributed by atoms with Crippen LogP contribution < -0.4 is 4.74 Å². The number of halogens is 4. The van der Waals surface area contributed by atoms with Crippen molar-refractivity contribution in [2.45, 2.75) is 32.9 Å². The van der Waals surface area contributed by atoms with Crippen LogP contribution in [-0.2, 0) is 17.8 Å². The summed E-state index contributed by atoms with van der Waals surface area (Å²) in [6.07, 6.45) is -0.115. The number of aromatic carboxylic acids is 1. The molecule has 0 spiro atoms. The van der Waals surface area contributed by atoms with Crippen molar-refractivity contribution in [2.75, 3.05) is 13.2 Å². The Balaban J connectivity index is 1.32. The van der Waals surface area contributed by atoms with Gasteiger partial charge in [0.1, 0.15) is 35.4 Å². The molecular weight excluding hydrogens is 621 g/mol. The molecule has 3 aromatic carbocycles. The second-order valence-electron chi connectivity index (χ2n) is 11.7. The number of hydrogen-bond acceptors (Lipinski definition) is 6. The van der Waals surface area contributed by atoms with Gasteiger partial charge in [0, 0.05) is 29.0 Å². The van der Waals surface area contributed by atoms with E-state index in [-0.39, 0.29) is 68.9 Å². The monoisotopic (exact) mass is 646 g/mol. The highest BCUT2D eigenvalue weighted by Gasteiger charge is 2.39. The summed E-state index contributed by atoms with van der Waals surface area (Å²) < 4.78 is 58.7. The van der Waals surface area contributed by atoms with Crippen LogP contribution in [0.25, 0.3) is 22.3 Å². The van der Waals surface area contributed by atoms with Crippen LogP contribution in [0.15, 0.2) is 60.7 Å². The number of rotatable bonds is 8. The third-order valence-corrected chi connectivity index (χ3v) is 8.36. The number of hydrogen-bond donors (Lipinski definition) is 1. The minimum atomic E-state index is -1.16. The summed E-state index contributed by atoms with van der Waals surface area (Å²) in [6, 6.07) is 15.0. The van der Waals surface area contributed by atoms with Crippen molar-refractivity contribution in [1.82, 2.24) is 14.5 Å². The topological polar surface area (TPSA) is 110 Å². The molecule has 0 amide bonds. The molecule has 6 rings (SSSR count). The molecule has 3 heterocycles. The number of nitrogens with zero attached hydrogens (tertiary/aromatic N) is 4. The lowest BCUT2D eigenvalue weighted by molar-refractivity contribution is 0.0697. The summed E-state index contributed by atoms with van der Waals surface area (Å²) in [5.41, 5.74) is 0.810. The number of carbonyl (C=O) groups is 1. The molecule has 0 unspecified atom stereocenters. The van der Waals surface area contributed by atoms with Crippen LogP contribution in [0.2, 0.25) is 5.02 Å². The molecule has 1 aliphatic rings. The van der Waals surface area contributed by atoms with E-state index in [2.05, 4.69) is 9.97 Å². The van der Waals surface area contributed by atoms with Crippen LogP contribution in [0.4, 0.5) is 13.2 Å². The smallest absolute Gasteiger partial charge is 0.335 e. The average Bonchev–Trinajstić information content (AvgIpc) is 3.56. The molecule has 1 aliphatic heterocycles. The van der Waals surface area contributed by atoms with Crippen molar-refractivity contribution in [3.05, 3.63) is 111 Å². The fourth-order valence-electron chi connectivity index (χ4n) is 5.60. The molecule has 12 heteroatoms. The maximum absolute atomic E-state index is 15.7. The zero-order valence-corrected chi connectivity index (χ0v) is 25.4. The second kappa shape index (κ2) is 12.1. The Morgan fingerprint density at radius 1 is 1.09 bits per heavy atom. The molecule has 234 valence electrons. The Labute approximate surface area is 266 Å². The van der Waals surface area contributed by atoms with Gasteiger partial charge in [-0.2, -0.15) is 5.26 Å². The Hall–Kier alpha value is -4.92. The third kappa shape index (κ3) is 5.89. The molecule has 0 saturated carbocycles. The molecule has 1 atom stereocenters. The fourth-order valence-corrected chi connectivity index (χ4v) is 5.85. The van der Waals surface area contributed by atoms with E-state index in [1.54, 1.807) is 6.07 Å². The number of nitriles is 1. The quantitative estimate of drug-likeness (QED) is 0.186. The van der Waals surface area contributed by atoms with Gasteiger partial charge in [-0.1, -0.05) is 37.6 Å². The molecule has 2 aromatic heterocycles. The van der Waals surface area contributed by atoms with E-state index in [1.165, 1.54) is 36.4 Å². The zero-order chi connectivity index (χ0) is 32.7. The Bertz CT molecular complexity index is 2060. The lowest BCUT2D eigenvalue weighted by Gasteiger charge is -2.28. The molecule has 8 nitrogen and oxygen atoms in total. The first kappa shape index (κ1) is 31.1. The van der Waals surface area contributed by atoms with Crippen LogP contribution in [0.1, 0.15) is 52.8 Å². The van der Waals surface area contributed by atoms with E-state index in [9.17, 15) is 14.3 Å². The minimum Gasteiger partial charge on any atom is -0.478 e. The predicted octanol–water partition coefficient (Wildman–Crippen LogP) is 7.51. The van der Waals surface area contributed by atoms with E-state index in [0.717, 1.165) is 18.2 Å². The average molecular weight is 647 g/mol. The first-order valence-electron chi connectivity index (χ1n) is 14.2. The van der Waals surface area contributed by atoms with Gasteiger partial charge >= 0.3 is 5.97 Å². The van der Waals surface area contributed by atoms with Crippen LogP contribution >= 0.6 is 11.6 Å². The number of aromatic nitrogens is 3. The number of pyridine rings is 1. The summed E-state index contributed by atoms with van der Waals surface area (Å²) >= 11 is 6.46. The molecule has 0 bridgehead atoms. The lowest BCUT2D eigenvalue weighted by atomic mass is 9.87. The maximum atomic E-state index is 15.7. The van der Waals surface area contributed by atoms with Gasteiger partial charge in [-0.05, 0) is 48.0 Å². The van der Waals surface area contributed by atoms with Crippen molar-refractivity contribution in [3.63, 3.8) is 0 Å². The van der Waals surface area contributed by atoms with E-state index in [4.69, 9.17) is 26.3 Å². The number of fused-ring (bicyclic) bond motifs is 1. The van der Waals surface area contributed by atoms with Crippen LogP contribution in [0.3, 0.4) is 0 Å². The van der Waals surface area contributed by atoms with Gasteiger partial charge in [0.05, 0.1) is 52.7 Å². The lowest BCUT2D eigenvalue weighted by Crippen LogP contribution is -2.27. The highest BCUT2D eigenvalue weighted by atomic mass is 35.5. The maximum Gasteiger partial charge on any atom is 0.335 e. The summed E-state index contributed by atoms with van der Waals surface area (Å²) in [7, 11) is 0. The van der Waals surface area contributed by atoms with Crippen molar-refractivity contribution in [3.8, 4) is 23.2 Å². The number of benzene rings is 3. The van der Waals surface area contributed by atoms with Crippen LogP contribution in [0.5, 0.6) is 5.88 Å². The first-order valence-corrected chi connectivity index (χ1v) is 14.6. The van der Waals surface area contributed by atoms with Crippen molar-refractivity contribution in [1.29, 1.82) is 5.26 Å². The number of ether oxygens (including phenoxy) is 2. The molecule has 1 fully saturated rings. The van der Waals surface area contributed by atoms with Gasteiger partial charge in [-0.3, -0.25) is 0 Å². The summed E-state index contributed by atoms with van der Waals surface area (Å²) in [6.45, 7) is 4.58. The van der Waals surface area contributed by atoms with Crippen LogP contribution in [0, 0.1) is 34.2 Å². The zero-order valence-electron chi connectivity index (χ0n) is 24.7. The molecule has 0 radical (unpaired) electrons. The number of carboxylic acid groups (broad SMARTS) is 1. The van der Waals surface area contributed by atoms with E-state index < -0.39 is 23.4 Å². The Morgan fingerprint density at radius 2 is 1.87 bits per heavy atom. The van der Waals surface area contributed by atoms with Gasteiger partial charge in [-0.15, -0.1) is 0 Å². The van der Waals surface area contributed by atoms with Crippen LogP contribution in [-0.4, -0.2) is 38.8 Å². The summed E-state index contributed by atoms with van der Waals surface area (Å²) in [5.74, 6) is -2.77. The normalized spacial score (nSPS) is 15.6. The Kier molecular flexibility index (Phi) is 8.19. The van der Waals surface area contributed by atoms with Gasteiger partial charge < -0.3 is 19.1 Å². The van der Waals surface area contributed by atoms with E-state index in [1.807, 2.05) is 24.5 Å². The minimum absolute atomic E-state index is 0.0211. The predicted molar refractivity (Wildman–Crippen MR) is 163 cm³/mol. The molecule has 5 aromatic rings. The summed E-state index contributed by atoms with van der Waals surface area (Å²) in [5, 5.41) is 18.7.